The van der Waals surface area contributed by atoms with E-state index >= 15 is 0 Å². The number of anilines is 1. The molecule has 0 atom stereocenters. The van der Waals surface area contributed by atoms with Gasteiger partial charge in [-0.15, -0.1) is 0 Å². The van der Waals surface area contributed by atoms with Crippen molar-refractivity contribution in [3.63, 3.8) is 0 Å². The van der Waals surface area contributed by atoms with Crippen molar-refractivity contribution in [2.45, 2.75) is 13.8 Å². The van der Waals surface area contributed by atoms with Crippen LogP contribution in [-0.2, 0) is 4.74 Å². The van der Waals surface area contributed by atoms with Crippen LogP contribution in [0.3, 0.4) is 0 Å². The van der Waals surface area contributed by atoms with Crippen LogP contribution in [0.5, 0.6) is 0 Å². The molecule has 4 heteroatoms. The number of nitrogens with zero attached hydrogens (tertiary/aromatic N) is 1. The van der Waals surface area contributed by atoms with Gasteiger partial charge in [-0.3, -0.25) is 4.79 Å². The molecule has 0 bridgehead atoms. The van der Waals surface area contributed by atoms with Crippen LogP contribution in [0.25, 0.3) is 0 Å². The van der Waals surface area contributed by atoms with Crippen molar-refractivity contribution in [3.05, 3.63) is 29.1 Å². The molecule has 0 amide bonds. The molecule has 0 aliphatic carbocycles. The van der Waals surface area contributed by atoms with Crippen molar-refractivity contribution < 1.29 is 13.9 Å². The van der Waals surface area contributed by atoms with Gasteiger partial charge >= 0.3 is 0 Å². The Bertz CT molecular complexity index is 439. The summed E-state index contributed by atoms with van der Waals surface area (Å²) in [5, 5.41) is 0. The van der Waals surface area contributed by atoms with Gasteiger partial charge in [-0.05, 0) is 31.5 Å². The third-order valence-electron chi connectivity index (χ3n) is 3.01. The number of aryl methyl sites for hydroxylation is 1. The standard InChI is InChI=1S/C13H16FNO2/c1-9-7-13(15-3-5-17-6-4-15)11(10(2)16)8-12(9)14/h7-8H,3-6H2,1-2H3. The predicted octanol–water partition coefficient (Wildman–Crippen LogP) is 2.17. The number of ketones is 1. The van der Waals surface area contributed by atoms with E-state index in [1.165, 1.54) is 13.0 Å². The Morgan fingerprint density at radius 3 is 2.59 bits per heavy atom. The fraction of sp³-hybridized carbons (Fsp3) is 0.462. The van der Waals surface area contributed by atoms with Crippen LogP contribution >= 0.6 is 0 Å². The van der Waals surface area contributed by atoms with Gasteiger partial charge in [0.15, 0.2) is 5.78 Å². The first-order valence-corrected chi connectivity index (χ1v) is 5.73. The van der Waals surface area contributed by atoms with E-state index in [1.807, 2.05) is 0 Å². The summed E-state index contributed by atoms with van der Waals surface area (Å²) in [5.74, 6) is -0.433. The summed E-state index contributed by atoms with van der Waals surface area (Å²) < 4.78 is 18.8. The quantitative estimate of drug-likeness (QED) is 0.738. The highest BCUT2D eigenvalue weighted by atomic mass is 19.1. The molecule has 0 unspecified atom stereocenters. The molecule has 3 nitrogen and oxygen atoms in total. The molecule has 1 aliphatic heterocycles. The summed E-state index contributed by atoms with van der Waals surface area (Å²) in [4.78, 5) is 13.6. The van der Waals surface area contributed by atoms with E-state index in [0.717, 1.165) is 18.8 Å². The summed E-state index contributed by atoms with van der Waals surface area (Å²) in [5.41, 5.74) is 1.84. The molecule has 1 aromatic rings. The lowest BCUT2D eigenvalue weighted by Gasteiger charge is -2.30. The molecule has 1 aromatic carbocycles. The number of benzene rings is 1. The fourth-order valence-electron chi connectivity index (χ4n) is 2.01. The molecule has 17 heavy (non-hydrogen) atoms. The number of rotatable bonds is 2. The first kappa shape index (κ1) is 12.0. The minimum Gasteiger partial charge on any atom is -0.378 e. The molecule has 1 aliphatic rings. The summed E-state index contributed by atoms with van der Waals surface area (Å²) in [7, 11) is 0. The van der Waals surface area contributed by atoms with Crippen molar-refractivity contribution >= 4 is 11.5 Å². The molecule has 92 valence electrons. The number of hydrogen-bond donors (Lipinski definition) is 0. The Balaban J connectivity index is 2.42. The van der Waals surface area contributed by atoms with Gasteiger partial charge in [0.2, 0.25) is 0 Å². The average molecular weight is 237 g/mol. The lowest BCUT2D eigenvalue weighted by molar-refractivity contribution is 0.101. The molecular weight excluding hydrogens is 221 g/mol. The van der Waals surface area contributed by atoms with Gasteiger partial charge in [-0.25, -0.2) is 4.39 Å². The normalized spacial score (nSPS) is 16.1. The van der Waals surface area contributed by atoms with E-state index in [4.69, 9.17) is 4.74 Å². The maximum absolute atomic E-state index is 13.5. The van der Waals surface area contributed by atoms with Crippen LogP contribution < -0.4 is 4.90 Å². The predicted molar refractivity (Wildman–Crippen MR) is 64.2 cm³/mol. The summed E-state index contributed by atoms with van der Waals surface area (Å²) in [6, 6.07) is 3.08. The fourth-order valence-corrected chi connectivity index (χ4v) is 2.01. The molecule has 1 heterocycles. The third-order valence-corrected chi connectivity index (χ3v) is 3.01. The van der Waals surface area contributed by atoms with Gasteiger partial charge in [0.1, 0.15) is 5.82 Å². The van der Waals surface area contributed by atoms with Crippen molar-refractivity contribution in [2.24, 2.45) is 0 Å². The maximum atomic E-state index is 13.5. The van der Waals surface area contributed by atoms with Crippen LogP contribution in [0.4, 0.5) is 10.1 Å². The molecular formula is C13H16FNO2. The highest BCUT2D eigenvalue weighted by Gasteiger charge is 2.18. The highest BCUT2D eigenvalue weighted by Crippen LogP contribution is 2.25. The van der Waals surface area contributed by atoms with E-state index in [9.17, 15) is 9.18 Å². The lowest BCUT2D eigenvalue weighted by atomic mass is 10.0. The van der Waals surface area contributed by atoms with Gasteiger partial charge in [-0.1, -0.05) is 0 Å². The summed E-state index contributed by atoms with van der Waals surface area (Å²) in [6.07, 6.45) is 0. The van der Waals surface area contributed by atoms with Crippen molar-refractivity contribution in [3.8, 4) is 0 Å². The first-order chi connectivity index (χ1) is 8.09. The van der Waals surface area contributed by atoms with Crippen LogP contribution in [0.2, 0.25) is 0 Å². The maximum Gasteiger partial charge on any atom is 0.161 e. The zero-order valence-electron chi connectivity index (χ0n) is 10.1. The number of carbonyl (C=O) groups excluding carboxylic acids is 1. The zero-order valence-corrected chi connectivity index (χ0v) is 10.1. The van der Waals surface area contributed by atoms with Crippen LogP contribution in [0, 0.1) is 12.7 Å². The summed E-state index contributed by atoms with van der Waals surface area (Å²) in [6.45, 7) is 5.95. The molecule has 1 saturated heterocycles. The second-order valence-electron chi connectivity index (χ2n) is 4.27. The van der Waals surface area contributed by atoms with Gasteiger partial charge in [0, 0.05) is 24.3 Å². The van der Waals surface area contributed by atoms with Crippen molar-refractivity contribution in [2.75, 3.05) is 31.2 Å². The van der Waals surface area contributed by atoms with Gasteiger partial charge in [0.25, 0.3) is 0 Å². The highest BCUT2D eigenvalue weighted by molar-refractivity contribution is 6.00. The van der Waals surface area contributed by atoms with Crippen molar-refractivity contribution in [1.29, 1.82) is 0 Å². The minimum absolute atomic E-state index is 0.106. The molecule has 1 fully saturated rings. The van der Waals surface area contributed by atoms with Crippen LogP contribution in [0.15, 0.2) is 12.1 Å². The molecule has 0 aromatic heterocycles. The number of Topliss-reactive ketones (excluding diaryl/α,β-unsaturated/α-hetero) is 1. The van der Waals surface area contributed by atoms with Gasteiger partial charge in [-0.2, -0.15) is 0 Å². The molecule has 0 saturated carbocycles. The lowest BCUT2D eigenvalue weighted by Crippen LogP contribution is -2.37. The number of hydrogen-bond acceptors (Lipinski definition) is 3. The van der Waals surface area contributed by atoms with E-state index in [1.54, 1.807) is 13.0 Å². The topological polar surface area (TPSA) is 29.5 Å². The van der Waals surface area contributed by atoms with Crippen LogP contribution in [0.1, 0.15) is 22.8 Å². The SMILES string of the molecule is CC(=O)c1cc(F)c(C)cc1N1CCOCC1. The van der Waals surface area contributed by atoms with E-state index in [2.05, 4.69) is 4.90 Å². The minimum atomic E-state index is -0.327. The molecule has 2 rings (SSSR count). The second-order valence-corrected chi connectivity index (χ2v) is 4.27. The Labute approximate surface area is 100 Å². The average Bonchev–Trinajstić information content (AvgIpc) is 2.33. The van der Waals surface area contributed by atoms with E-state index in [0.29, 0.717) is 24.3 Å². The first-order valence-electron chi connectivity index (χ1n) is 5.73. The Morgan fingerprint density at radius 1 is 1.35 bits per heavy atom. The van der Waals surface area contributed by atoms with Gasteiger partial charge in [0.05, 0.1) is 13.2 Å². The Kier molecular flexibility index (Phi) is 3.43. The molecule has 0 spiro atoms. The smallest absolute Gasteiger partial charge is 0.161 e. The third kappa shape index (κ3) is 2.47. The summed E-state index contributed by atoms with van der Waals surface area (Å²) >= 11 is 0. The molecule has 0 N–H and O–H groups in total. The van der Waals surface area contributed by atoms with Gasteiger partial charge < -0.3 is 9.64 Å². The number of ether oxygens (including phenoxy) is 1. The van der Waals surface area contributed by atoms with Crippen molar-refractivity contribution in [1.82, 2.24) is 0 Å². The number of morpholine rings is 1. The van der Waals surface area contributed by atoms with E-state index < -0.39 is 0 Å². The Hall–Kier alpha value is -1.42. The second kappa shape index (κ2) is 4.84. The largest absolute Gasteiger partial charge is 0.378 e. The monoisotopic (exact) mass is 237 g/mol. The zero-order chi connectivity index (χ0) is 12.4. The number of carbonyl (C=O) groups is 1. The number of halogens is 1. The van der Waals surface area contributed by atoms with E-state index in [-0.39, 0.29) is 11.6 Å². The van der Waals surface area contributed by atoms with Crippen LogP contribution in [-0.4, -0.2) is 32.1 Å². The Morgan fingerprint density at radius 2 is 2.00 bits per heavy atom. The molecule has 0 radical (unpaired) electrons.